The van der Waals surface area contributed by atoms with Crippen LogP contribution in [0.2, 0.25) is 0 Å². The third-order valence-electron chi connectivity index (χ3n) is 4.71. The standard InChI is InChI=1S/C20H24N2O2/c1-22(14-16-10-6-7-11-18(16)24-2)17-12-13-19(23)21-20(17)15-8-4-3-5-9-15/h3-11,17,20H,12-14H2,1-2H3,(H,21,23). The molecule has 1 amide bonds. The van der Waals surface area contributed by atoms with Gasteiger partial charge in [0.05, 0.1) is 13.2 Å². The molecule has 0 aliphatic carbocycles. The van der Waals surface area contributed by atoms with E-state index in [1.807, 2.05) is 36.4 Å². The second-order valence-corrected chi connectivity index (χ2v) is 6.29. The fourth-order valence-corrected chi connectivity index (χ4v) is 3.45. The van der Waals surface area contributed by atoms with Gasteiger partial charge >= 0.3 is 0 Å². The number of nitrogens with zero attached hydrogens (tertiary/aromatic N) is 1. The molecule has 0 radical (unpaired) electrons. The fourth-order valence-electron chi connectivity index (χ4n) is 3.45. The highest BCUT2D eigenvalue weighted by Gasteiger charge is 2.32. The molecule has 2 aromatic carbocycles. The van der Waals surface area contributed by atoms with Crippen LogP contribution < -0.4 is 10.1 Å². The Morgan fingerprint density at radius 3 is 2.58 bits per heavy atom. The lowest BCUT2D eigenvalue weighted by Gasteiger charge is -2.38. The zero-order valence-electron chi connectivity index (χ0n) is 14.2. The first-order chi connectivity index (χ1) is 11.7. The Bertz CT molecular complexity index is 687. The molecular formula is C20H24N2O2. The minimum atomic E-state index is 0.0205. The molecule has 3 rings (SSSR count). The number of rotatable bonds is 5. The van der Waals surface area contributed by atoms with Crippen LogP contribution in [0.15, 0.2) is 54.6 Å². The van der Waals surface area contributed by atoms with E-state index in [1.165, 1.54) is 0 Å². The summed E-state index contributed by atoms with van der Waals surface area (Å²) in [5.74, 6) is 1.03. The van der Waals surface area contributed by atoms with Crippen molar-refractivity contribution in [3.8, 4) is 5.75 Å². The van der Waals surface area contributed by atoms with E-state index < -0.39 is 0 Å². The molecule has 126 valence electrons. The van der Waals surface area contributed by atoms with Crippen LogP contribution >= 0.6 is 0 Å². The summed E-state index contributed by atoms with van der Waals surface area (Å²) in [6, 6.07) is 18.6. The molecule has 1 heterocycles. The molecule has 0 aromatic heterocycles. The van der Waals surface area contributed by atoms with Crippen molar-refractivity contribution in [1.29, 1.82) is 0 Å². The number of benzene rings is 2. The van der Waals surface area contributed by atoms with Crippen LogP contribution in [0, 0.1) is 0 Å². The van der Waals surface area contributed by atoms with E-state index in [0.717, 1.165) is 29.8 Å². The van der Waals surface area contributed by atoms with Gasteiger partial charge in [-0.25, -0.2) is 0 Å². The molecule has 4 heteroatoms. The van der Waals surface area contributed by atoms with Crippen molar-refractivity contribution >= 4 is 5.91 Å². The number of piperidine rings is 1. The number of para-hydroxylation sites is 1. The van der Waals surface area contributed by atoms with Crippen molar-refractivity contribution < 1.29 is 9.53 Å². The van der Waals surface area contributed by atoms with E-state index >= 15 is 0 Å². The predicted molar refractivity (Wildman–Crippen MR) is 94.8 cm³/mol. The highest BCUT2D eigenvalue weighted by atomic mass is 16.5. The zero-order valence-corrected chi connectivity index (χ0v) is 14.2. The summed E-state index contributed by atoms with van der Waals surface area (Å²) in [5, 5.41) is 3.17. The average molecular weight is 324 g/mol. The molecular weight excluding hydrogens is 300 g/mol. The minimum Gasteiger partial charge on any atom is -0.496 e. The molecule has 4 nitrogen and oxygen atoms in total. The van der Waals surface area contributed by atoms with Crippen molar-refractivity contribution in [2.24, 2.45) is 0 Å². The van der Waals surface area contributed by atoms with Gasteiger partial charge in [0, 0.05) is 24.6 Å². The molecule has 2 atom stereocenters. The van der Waals surface area contributed by atoms with Gasteiger partial charge in [0.2, 0.25) is 5.91 Å². The number of carbonyl (C=O) groups is 1. The molecule has 0 bridgehead atoms. The van der Waals surface area contributed by atoms with Gasteiger partial charge in [-0.15, -0.1) is 0 Å². The van der Waals surface area contributed by atoms with E-state index in [9.17, 15) is 4.79 Å². The first kappa shape index (κ1) is 16.5. The number of ether oxygens (including phenoxy) is 1. The average Bonchev–Trinajstić information content (AvgIpc) is 2.62. The van der Waals surface area contributed by atoms with Gasteiger partial charge < -0.3 is 10.1 Å². The molecule has 1 aliphatic heterocycles. The maximum absolute atomic E-state index is 11.9. The Kier molecular flexibility index (Phi) is 5.16. The second-order valence-electron chi connectivity index (χ2n) is 6.29. The van der Waals surface area contributed by atoms with E-state index in [-0.39, 0.29) is 18.0 Å². The predicted octanol–water partition coefficient (Wildman–Crippen LogP) is 3.15. The van der Waals surface area contributed by atoms with Crippen molar-refractivity contribution in [3.05, 3.63) is 65.7 Å². The first-order valence-electron chi connectivity index (χ1n) is 8.35. The third-order valence-corrected chi connectivity index (χ3v) is 4.71. The summed E-state index contributed by atoms with van der Waals surface area (Å²) in [5.41, 5.74) is 2.31. The smallest absolute Gasteiger partial charge is 0.220 e. The molecule has 1 aliphatic rings. The number of amides is 1. The van der Waals surface area contributed by atoms with Crippen LogP contribution in [0.25, 0.3) is 0 Å². The monoisotopic (exact) mass is 324 g/mol. The lowest BCUT2D eigenvalue weighted by molar-refractivity contribution is -0.124. The van der Waals surface area contributed by atoms with Crippen molar-refractivity contribution in [3.63, 3.8) is 0 Å². The molecule has 24 heavy (non-hydrogen) atoms. The van der Waals surface area contributed by atoms with Gasteiger partial charge in [-0.3, -0.25) is 9.69 Å². The van der Waals surface area contributed by atoms with Gasteiger partial charge in [-0.2, -0.15) is 0 Å². The Morgan fingerprint density at radius 2 is 1.83 bits per heavy atom. The largest absolute Gasteiger partial charge is 0.496 e. The maximum atomic E-state index is 11.9. The fraction of sp³-hybridized carbons (Fsp3) is 0.350. The molecule has 0 saturated carbocycles. The lowest BCUT2D eigenvalue weighted by Crippen LogP contribution is -2.48. The molecule has 1 N–H and O–H groups in total. The third kappa shape index (κ3) is 3.60. The summed E-state index contributed by atoms with van der Waals surface area (Å²) < 4.78 is 5.47. The quantitative estimate of drug-likeness (QED) is 0.918. The number of likely N-dealkylation sites (N-methyl/N-ethyl adjacent to an activating group) is 1. The van der Waals surface area contributed by atoms with E-state index in [4.69, 9.17) is 4.74 Å². The summed E-state index contributed by atoms with van der Waals surface area (Å²) in [6.45, 7) is 0.786. The van der Waals surface area contributed by atoms with Crippen LogP contribution in [0.3, 0.4) is 0 Å². The Hall–Kier alpha value is -2.33. The van der Waals surface area contributed by atoms with E-state index in [1.54, 1.807) is 7.11 Å². The molecule has 2 aromatic rings. The number of hydrogen-bond donors (Lipinski definition) is 1. The number of methoxy groups -OCH3 is 1. The maximum Gasteiger partial charge on any atom is 0.220 e. The first-order valence-corrected chi connectivity index (χ1v) is 8.35. The van der Waals surface area contributed by atoms with Crippen LogP contribution in [-0.4, -0.2) is 31.0 Å². The Balaban J connectivity index is 1.81. The highest BCUT2D eigenvalue weighted by Crippen LogP contribution is 2.29. The highest BCUT2D eigenvalue weighted by molar-refractivity contribution is 5.77. The molecule has 2 unspecified atom stereocenters. The van der Waals surface area contributed by atoms with Crippen molar-refractivity contribution in [1.82, 2.24) is 10.2 Å². The van der Waals surface area contributed by atoms with E-state index in [2.05, 4.69) is 35.5 Å². The summed E-state index contributed by atoms with van der Waals surface area (Å²) in [6.07, 6.45) is 1.43. The van der Waals surface area contributed by atoms with Crippen molar-refractivity contribution in [2.75, 3.05) is 14.2 Å². The summed E-state index contributed by atoms with van der Waals surface area (Å²) in [4.78, 5) is 14.2. The number of hydrogen-bond acceptors (Lipinski definition) is 3. The molecule has 1 saturated heterocycles. The van der Waals surface area contributed by atoms with Crippen LogP contribution in [0.1, 0.15) is 30.0 Å². The van der Waals surface area contributed by atoms with Gasteiger partial charge in [0.15, 0.2) is 0 Å². The lowest BCUT2D eigenvalue weighted by atomic mass is 9.90. The Labute approximate surface area is 143 Å². The van der Waals surface area contributed by atoms with Crippen LogP contribution in [0.5, 0.6) is 5.75 Å². The summed E-state index contributed by atoms with van der Waals surface area (Å²) in [7, 11) is 3.82. The molecule has 0 spiro atoms. The minimum absolute atomic E-state index is 0.0205. The topological polar surface area (TPSA) is 41.6 Å². The SMILES string of the molecule is COc1ccccc1CN(C)C1CCC(=O)NC1c1ccccc1. The number of nitrogens with one attached hydrogen (secondary N) is 1. The normalized spacial score (nSPS) is 20.7. The van der Waals surface area contributed by atoms with Gasteiger partial charge in [0.1, 0.15) is 5.75 Å². The van der Waals surface area contributed by atoms with Gasteiger partial charge in [-0.05, 0) is 25.1 Å². The zero-order chi connectivity index (χ0) is 16.9. The molecule has 1 fully saturated rings. The van der Waals surface area contributed by atoms with Crippen LogP contribution in [0.4, 0.5) is 0 Å². The number of carbonyl (C=O) groups excluding carboxylic acids is 1. The van der Waals surface area contributed by atoms with Gasteiger partial charge in [0.25, 0.3) is 0 Å². The van der Waals surface area contributed by atoms with Crippen molar-refractivity contribution in [2.45, 2.75) is 31.5 Å². The summed E-state index contributed by atoms with van der Waals surface area (Å²) >= 11 is 0. The van der Waals surface area contributed by atoms with Crippen LogP contribution in [-0.2, 0) is 11.3 Å². The van der Waals surface area contributed by atoms with E-state index in [0.29, 0.717) is 6.42 Å². The second kappa shape index (κ2) is 7.49. The Morgan fingerprint density at radius 1 is 1.12 bits per heavy atom. The van der Waals surface area contributed by atoms with Gasteiger partial charge in [-0.1, -0.05) is 48.5 Å².